The fourth-order valence-electron chi connectivity index (χ4n) is 2.41. The van der Waals surface area contributed by atoms with Crippen LogP contribution in [0.2, 0.25) is 0 Å². The molecule has 0 amide bonds. The van der Waals surface area contributed by atoms with Gasteiger partial charge in [0.15, 0.2) is 0 Å². The van der Waals surface area contributed by atoms with E-state index in [-0.39, 0.29) is 24.8 Å². The Labute approximate surface area is 197 Å². The number of allylic oxidation sites excluding steroid dienone is 8. The summed E-state index contributed by atoms with van der Waals surface area (Å²) in [6.45, 7) is 4.12. The van der Waals surface area contributed by atoms with Gasteiger partial charge in [-0.1, -0.05) is 13.8 Å². The Bertz CT molecular complexity index is 741. The molecule has 28 heavy (non-hydrogen) atoms. The summed E-state index contributed by atoms with van der Waals surface area (Å²) < 4.78 is 1.46. The SMILES string of the molecule is CC1=[C-]CC=C1.CC1=[C-]CC=C1.Cl.Cl.[Hf+2]=[C](c1ccccc1)c1ccccc1. The molecule has 0 heterocycles. The Morgan fingerprint density at radius 2 is 1.04 bits per heavy atom. The van der Waals surface area contributed by atoms with E-state index in [0.717, 1.165) is 36.7 Å². The molecule has 0 unspecified atom stereocenters. The van der Waals surface area contributed by atoms with Crippen LogP contribution in [-0.2, 0) is 23.9 Å². The molecule has 3 heteroatoms. The Morgan fingerprint density at radius 1 is 0.679 bits per heavy atom. The Hall–Kier alpha value is -1.28. The summed E-state index contributed by atoms with van der Waals surface area (Å²) in [5.41, 5.74) is 5.25. The van der Waals surface area contributed by atoms with E-state index < -0.39 is 0 Å². The molecule has 2 aliphatic carbocycles. The molecule has 0 saturated heterocycles. The molecule has 0 atom stereocenters. The van der Waals surface area contributed by atoms with Gasteiger partial charge < -0.3 is 0 Å². The second kappa shape index (κ2) is 15.6. The van der Waals surface area contributed by atoms with Crippen LogP contribution in [0.4, 0.5) is 0 Å². The Morgan fingerprint density at radius 3 is 1.25 bits per heavy atom. The fourth-order valence-corrected chi connectivity index (χ4v) is 3.60. The van der Waals surface area contributed by atoms with Crippen molar-refractivity contribution in [3.8, 4) is 0 Å². The Balaban J connectivity index is 0.000000437. The quantitative estimate of drug-likeness (QED) is 0.266. The van der Waals surface area contributed by atoms with Gasteiger partial charge >= 0.3 is 98.9 Å². The van der Waals surface area contributed by atoms with Crippen molar-refractivity contribution >= 4 is 28.1 Å². The number of hydrogen-bond donors (Lipinski definition) is 0. The van der Waals surface area contributed by atoms with Crippen LogP contribution < -0.4 is 0 Å². The van der Waals surface area contributed by atoms with Crippen LogP contribution in [0.3, 0.4) is 0 Å². The van der Waals surface area contributed by atoms with Crippen molar-refractivity contribution in [1.29, 1.82) is 0 Å². The third kappa shape index (κ3) is 10.3. The van der Waals surface area contributed by atoms with E-state index in [2.05, 4.69) is 111 Å². The van der Waals surface area contributed by atoms with Crippen LogP contribution in [-0.4, -0.2) is 3.26 Å². The molecule has 0 N–H and O–H groups in total. The molecule has 0 saturated carbocycles. The van der Waals surface area contributed by atoms with Crippen LogP contribution >= 0.6 is 24.8 Å². The van der Waals surface area contributed by atoms with Crippen molar-refractivity contribution in [3.05, 3.63) is 119 Å². The zero-order valence-corrected chi connectivity index (χ0v) is 21.5. The van der Waals surface area contributed by atoms with Gasteiger partial charge in [0.1, 0.15) is 0 Å². The molecule has 0 nitrogen and oxygen atoms in total. The molecule has 0 radical (unpaired) electrons. The van der Waals surface area contributed by atoms with Crippen molar-refractivity contribution in [2.24, 2.45) is 0 Å². The van der Waals surface area contributed by atoms with Gasteiger partial charge in [-0.15, -0.1) is 37.7 Å². The van der Waals surface area contributed by atoms with Crippen LogP contribution in [0, 0.1) is 12.2 Å². The van der Waals surface area contributed by atoms with Crippen molar-refractivity contribution in [1.82, 2.24) is 0 Å². The molecule has 0 bridgehead atoms. The third-order valence-corrected chi connectivity index (χ3v) is 5.93. The average Bonchev–Trinajstić information content (AvgIpc) is 3.37. The minimum absolute atomic E-state index is 0. The van der Waals surface area contributed by atoms with E-state index in [9.17, 15) is 0 Å². The van der Waals surface area contributed by atoms with Gasteiger partial charge in [-0.3, -0.25) is 12.2 Å². The van der Waals surface area contributed by atoms with Crippen LogP contribution in [0.25, 0.3) is 0 Å². The average molecular weight is 576 g/mol. The van der Waals surface area contributed by atoms with E-state index in [1.165, 1.54) is 25.5 Å². The predicted octanol–water partition coefficient (Wildman–Crippen LogP) is 7.04. The van der Waals surface area contributed by atoms with Gasteiger partial charge in [-0.05, 0) is 0 Å². The molecule has 4 rings (SSSR count). The molecule has 0 aromatic heterocycles. The van der Waals surface area contributed by atoms with Gasteiger partial charge in [0.25, 0.3) is 0 Å². The molecule has 2 aromatic carbocycles. The van der Waals surface area contributed by atoms with Crippen LogP contribution in [0.15, 0.2) is 96.1 Å². The zero-order chi connectivity index (χ0) is 18.6. The molecule has 144 valence electrons. The maximum absolute atomic E-state index is 3.12. The van der Waals surface area contributed by atoms with Gasteiger partial charge in [0.05, 0.1) is 0 Å². The van der Waals surface area contributed by atoms with E-state index in [0.29, 0.717) is 0 Å². The number of halogens is 2. The predicted molar refractivity (Wildman–Crippen MR) is 123 cm³/mol. The standard InChI is InChI=1S/C13H10.2C6H7.2ClH.Hf/c1-3-7-12(8-4-1)11-13-9-5-2-6-10-13;2*1-6-4-2-3-5-6;;;/h1-10H;2*2,4H,3H2,1H3;2*1H;/q;2*-1;;;+2. The van der Waals surface area contributed by atoms with Gasteiger partial charge in [0.2, 0.25) is 0 Å². The summed E-state index contributed by atoms with van der Waals surface area (Å²) in [5.74, 6) is 0. The first kappa shape index (κ1) is 26.7. The van der Waals surface area contributed by atoms with Crippen LogP contribution in [0.1, 0.15) is 37.8 Å². The molecular weight excluding hydrogens is 550 g/mol. The van der Waals surface area contributed by atoms with Gasteiger partial charge in [0, 0.05) is 0 Å². The first-order valence-corrected chi connectivity index (χ1v) is 10.6. The van der Waals surface area contributed by atoms with E-state index in [4.69, 9.17) is 0 Å². The number of benzene rings is 2. The van der Waals surface area contributed by atoms with Gasteiger partial charge in [-0.2, -0.15) is 12.2 Å². The molecule has 2 aromatic rings. The maximum atomic E-state index is 3.12. The van der Waals surface area contributed by atoms with Crippen molar-refractivity contribution in [2.45, 2.75) is 26.7 Å². The van der Waals surface area contributed by atoms with Crippen LogP contribution in [0.5, 0.6) is 0 Å². The van der Waals surface area contributed by atoms with E-state index in [1.54, 1.807) is 0 Å². The number of rotatable bonds is 2. The summed E-state index contributed by atoms with van der Waals surface area (Å²) >= 11 is 1.08. The molecule has 0 spiro atoms. The first-order chi connectivity index (χ1) is 12.7. The molecular formula is C25H26Cl2Hf. The fraction of sp³-hybridized carbons (Fsp3) is 0.160. The van der Waals surface area contributed by atoms with Crippen molar-refractivity contribution in [2.75, 3.05) is 0 Å². The second-order valence-corrected chi connectivity index (χ2v) is 7.84. The normalized spacial score (nSPS) is 12.9. The Kier molecular flexibility index (Phi) is 14.9. The van der Waals surface area contributed by atoms with Crippen molar-refractivity contribution < 1.29 is 23.9 Å². The van der Waals surface area contributed by atoms with E-state index >= 15 is 0 Å². The summed E-state index contributed by atoms with van der Waals surface area (Å²) in [6.07, 6.45) is 16.7. The molecule has 0 aliphatic heterocycles. The number of hydrogen-bond acceptors (Lipinski definition) is 0. The summed E-state index contributed by atoms with van der Waals surface area (Å²) in [7, 11) is 0. The van der Waals surface area contributed by atoms with Gasteiger partial charge in [-0.25, -0.2) is 23.3 Å². The van der Waals surface area contributed by atoms with E-state index in [1.807, 2.05) is 0 Å². The topological polar surface area (TPSA) is 0 Å². The van der Waals surface area contributed by atoms with Crippen molar-refractivity contribution in [3.63, 3.8) is 0 Å². The summed E-state index contributed by atoms with van der Waals surface area (Å²) in [5, 5.41) is 0. The zero-order valence-electron chi connectivity index (χ0n) is 16.3. The molecule has 0 fully saturated rings. The first-order valence-electron chi connectivity index (χ1n) is 8.84. The minimum atomic E-state index is 0. The molecule has 2 aliphatic rings. The summed E-state index contributed by atoms with van der Waals surface area (Å²) in [6, 6.07) is 21.2. The summed E-state index contributed by atoms with van der Waals surface area (Å²) in [4.78, 5) is 0. The third-order valence-electron chi connectivity index (χ3n) is 3.86. The second-order valence-electron chi connectivity index (χ2n) is 6.04. The monoisotopic (exact) mass is 576 g/mol.